The molecule has 138 valence electrons. The lowest BCUT2D eigenvalue weighted by atomic mass is 10.2. The Morgan fingerprint density at radius 1 is 1.04 bits per heavy atom. The van der Waals surface area contributed by atoms with Gasteiger partial charge in [-0.2, -0.15) is 0 Å². The van der Waals surface area contributed by atoms with E-state index in [0.29, 0.717) is 6.54 Å². The number of nitrogens with zero attached hydrogens (tertiary/aromatic N) is 2. The molecule has 2 aromatic carbocycles. The summed E-state index contributed by atoms with van der Waals surface area (Å²) in [5, 5.41) is 6.59. The van der Waals surface area contributed by atoms with Gasteiger partial charge in [0.15, 0.2) is 0 Å². The Labute approximate surface area is 159 Å². The SMILES string of the molecule is Cc1ccccc1NC(=O)NCCN1CCN(c2ccc(Cl)cc2)CC1. The summed E-state index contributed by atoms with van der Waals surface area (Å²) in [4.78, 5) is 16.8. The highest BCUT2D eigenvalue weighted by atomic mass is 35.5. The van der Waals surface area contributed by atoms with Gasteiger partial charge in [-0.3, -0.25) is 4.90 Å². The van der Waals surface area contributed by atoms with Crippen LogP contribution in [0.1, 0.15) is 5.56 Å². The van der Waals surface area contributed by atoms with Crippen LogP contribution in [0.3, 0.4) is 0 Å². The van der Waals surface area contributed by atoms with E-state index < -0.39 is 0 Å². The van der Waals surface area contributed by atoms with E-state index >= 15 is 0 Å². The van der Waals surface area contributed by atoms with Crippen molar-refractivity contribution in [3.8, 4) is 0 Å². The summed E-state index contributed by atoms with van der Waals surface area (Å²) in [7, 11) is 0. The number of amides is 2. The van der Waals surface area contributed by atoms with E-state index in [0.717, 1.165) is 49.0 Å². The zero-order chi connectivity index (χ0) is 18.4. The van der Waals surface area contributed by atoms with Crippen molar-refractivity contribution in [2.24, 2.45) is 0 Å². The van der Waals surface area contributed by atoms with Crippen molar-refractivity contribution >= 4 is 29.0 Å². The van der Waals surface area contributed by atoms with Crippen LogP contribution in [-0.2, 0) is 0 Å². The van der Waals surface area contributed by atoms with Gasteiger partial charge in [0.25, 0.3) is 0 Å². The normalized spacial score (nSPS) is 14.9. The molecule has 0 saturated carbocycles. The molecule has 6 heteroatoms. The van der Waals surface area contributed by atoms with Crippen molar-refractivity contribution in [1.82, 2.24) is 10.2 Å². The second kappa shape index (κ2) is 8.92. The number of para-hydroxylation sites is 1. The molecule has 26 heavy (non-hydrogen) atoms. The van der Waals surface area contributed by atoms with E-state index in [1.54, 1.807) is 0 Å². The molecule has 2 amide bonds. The van der Waals surface area contributed by atoms with Crippen LogP contribution >= 0.6 is 11.6 Å². The first-order valence-corrected chi connectivity index (χ1v) is 9.33. The summed E-state index contributed by atoms with van der Waals surface area (Å²) < 4.78 is 0. The van der Waals surface area contributed by atoms with Gasteiger partial charge < -0.3 is 15.5 Å². The number of carbonyl (C=O) groups is 1. The molecule has 2 aromatic rings. The molecule has 0 radical (unpaired) electrons. The average molecular weight is 373 g/mol. The fourth-order valence-corrected chi connectivity index (χ4v) is 3.21. The van der Waals surface area contributed by atoms with Crippen LogP contribution in [0.15, 0.2) is 48.5 Å². The number of hydrogen-bond donors (Lipinski definition) is 2. The number of urea groups is 1. The van der Waals surface area contributed by atoms with Gasteiger partial charge >= 0.3 is 6.03 Å². The minimum Gasteiger partial charge on any atom is -0.369 e. The lowest BCUT2D eigenvalue weighted by Gasteiger charge is -2.36. The molecule has 0 aliphatic carbocycles. The Morgan fingerprint density at radius 2 is 1.73 bits per heavy atom. The lowest BCUT2D eigenvalue weighted by molar-refractivity contribution is 0.240. The average Bonchev–Trinajstić information content (AvgIpc) is 2.65. The molecule has 1 saturated heterocycles. The van der Waals surface area contributed by atoms with Crippen molar-refractivity contribution in [1.29, 1.82) is 0 Å². The maximum Gasteiger partial charge on any atom is 0.319 e. The molecule has 0 bridgehead atoms. The first-order valence-electron chi connectivity index (χ1n) is 8.95. The molecule has 1 heterocycles. The topological polar surface area (TPSA) is 47.6 Å². The van der Waals surface area contributed by atoms with E-state index in [4.69, 9.17) is 11.6 Å². The number of aryl methyl sites for hydroxylation is 1. The smallest absolute Gasteiger partial charge is 0.319 e. The molecular formula is C20H25ClN4O. The zero-order valence-electron chi connectivity index (χ0n) is 15.0. The predicted octanol–water partition coefficient (Wildman–Crippen LogP) is 3.59. The highest BCUT2D eigenvalue weighted by molar-refractivity contribution is 6.30. The Hall–Kier alpha value is -2.24. The van der Waals surface area contributed by atoms with Crippen LogP contribution in [0.2, 0.25) is 5.02 Å². The molecule has 1 fully saturated rings. The second-order valence-electron chi connectivity index (χ2n) is 6.50. The maximum atomic E-state index is 12.0. The van der Waals surface area contributed by atoms with Crippen molar-refractivity contribution in [2.75, 3.05) is 49.5 Å². The number of nitrogens with one attached hydrogen (secondary N) is 2. The van der Waals surface area contributed by atoms with Crippen LogP contribution < -0.4 is 15.5 Å². The van der Waals surface area contributed by atoms with Gasteiger partial charge in [0.05, 0.1) is 0 Å². The van der Waals surface area contributed by atoms with Gasteiger partial charge in [0.2, 0.25) is 0 Å². The molecule has 0 aromatic heterocycles. The predicted molar refractivity (Wildman–Crippen MR) is 108 cm³/mol. The van der Waals surface area contributed by atoms with Gasteiger partial charge in [-0.1, -0.05) is 29.8 Å². The number of piperazine rings is 1. The largest absolute Gasteiger partial charge is 0.369 e. The van der Waals surface area contributed by atoms with Gasteiger partial charge in [-0.25, -0.2) is 4.79 Å². The number of hydrogen-bond acceptors (Lipinski definition) is 3. The molecule has 0 atom stereocenters. The first-order chi connectivity index (χ1) is 12.6. The van der Waals surface area contributed by atoms with Crippen LogP contribution in [0.25, 0.3) is 0 Å². The van der Waals surface area contributed by atoms with E-state index in [1.807, 2.05) is 43.3 Å². The van der Waals surface area contributed by atoms with E-state index in [-0.39, 0.29) is 6.03 Å². The Kier molecular flexibility index (Phi) is 6.36. The molecule has 3 rings (SSSR count). The molecule has 5 nitrogen and oxygen atoms in total. The van der Waals surface area contributed by atoms with E-state index in [9.17, 15) is 4.79 Å². The third kappa shape index (κ3) is 5.13. The molecule has 1 aliphatic heterocycles. The Balaban J connectivity index is 1.37. The van der Waals surface area contributed by atoms with Crippen LogP contribution in [-0.4, -0.2) is 50.2 Å². The standard InChI is InChI=1S/C20H25ClN4O/c1-16-4-2-3-5-19(16)23-20(26)22-10-11-24-12-14-25(15-13-24)18-8-6-17(21)7-9-18/h2-9H,10-15H2,1H3,(H2,22,23,26). The molecule has 0 unspecified atom stereocenters. The Morgan fingerprint density at radius 3 is 2.42 bits per heavy atom. The number of carbonyl (C=O) groups excluding carboxylic acids is 1. The summed E-state index contributed by atoms with van der Waals surface area (Å²) in [6.07, 6.45) is 0. The molecule has 0 spiro atoms. The van der Waals surface area contributed by atoms with Gasteiger partial charge in [-0.05, 0) is 42.8 Å². The second-order valence-corrected chi connectivity index (χ2v) is 6.94. The Bertz CT molecular complexity index is 727. The minimum atomic E-state index is -0.154. The fourth-order valence-electron chi connectivity index (χ4n) is 3.09. The van der Waals surface area contributed by atoms with Crippen molar-refractivity contribution < 1.29 is 4.79 Å². The van der Waals surface area contributed by atoms with Crippen LogP contribution in [0.4, 0.5) is 16.2 Å². The maximum absolute atomic E-state index is 12.0. The monoisotopic (exact) mass is 372 g/mol. The van der Waals surface area contributed by atoms with E-state index in [1.165, 1.54) is 5.69 Å². The summed E-state index contributed by atoms with van der Waals surface area (Å²) in [5.74, 6) is 0. The first kappa shape index (κ1) is 18.5. The number of rotatable bonds is 5. The van der Waals surface area contributed by atoms with Gasteiger partial charge in [0, 0.05) is 55.7 Å². The summed E-state index contributed by atoms with van der Waals surface area (Å²) >= 11 is 5.95. The van der Waals surface area contributed by atoms with Gasteiger partial charge in [0.1, 0.15) is 0 Å². The minimum absolute atomic E-state index is 0.154. The van der Waals surface area contributed by atoms with Crippen molar-refractivity contribution in [2.45, 2.75) is 6.92 Å². The quantitative estimate of drug-likeness (QED) is 0.843. The van der Waals surface area contributed by atoms with Crippen LogP contribution in [0, 0.1) is 6.92 Å². The number of anilines is 2. The summed E-state index contributed by atoms with van der Waals surface area (Å²) in [6.45, 7) is 7.42. The molecule has 2 N–H and O–H groups in total. The van der Waals surface area contributed by atoms with Crippen molar-refractivity contribution in [3.63, 3.8) is 0 Å². The third-order valence-electron chi connectivity index (χ3n) is 4.67. The number of benzene rings is 2. The lowest BCUT2D eigenvalue weighted by Crippen LogP contribution is -2.48. The third-order valence-corrected chi connectivity index (χ3v) is 4.92. The summed E-state index contributed by atoms with van der Waals surface area (Å²) in [5.41, 5.74) is 3.12. The van der Waals surface area contributed by atoms with E-state index in [2.05, 4.69) is 32.6 Å². The van der Waals surface area contributed by atoms with Gasteiger partial charge in [-0.15, -0.1) is 0 Å². The van der Waals surface area contributed by atoms with Crippen LogP contribution in [0.5, 0.6) is 0 Å². The summed E-state index contributed by atoms with van der Waals surface area (Å²) in [6, 6.07) is 15.6. The fraction of sp³-hybridized carbons (Fsp3) is 0.350. The number of halogens is 1. The highest BCUT2D eigenvalue weighted by Gasteiger charge is 2.17. The molecular weight excluding hydrogens is 348 g/mol. The highest BCUT2D eigenvalue weighted by Crippen LogP contribution is 2.19. The zero-order valence-corrected chi connectivity index (χ0v) is 15.8. The van der Waals surface area contributed by atoms with Crippen molar-refractivity contribution in [3.05, 3.63) is 59.1 Å². The molecule has 1 aliphatic rings.